The number of nitrogens with zero attached hydrogens (tertiary/aromatic N) is 2. The van der Waals surface area contributed by atoms with Crippen molar-refractivity contribution in [2.45, 2.75) is 13.0 Å². The molecule has 0 fully saturated rings. The van der Waals surface area contributed by atoms with Gasteiger partial charge in [-0.1, -0.05) is 24.3 Å². The average Bonchev–Trinajstić information content (AvgIpc) is 2.68. The second-order valence-corrected chi connectivity index (χ2v) is 6.31. The van der Waals surface area contributed by atoms with E-state index in [-0.39, 0.29) is 11.7 Å². The van der Waals surface area contributed by atoms with Crippen LogP contribution in [0, 0.1) is 5.82 Å². The Bertz CT molecular complexity index is 923. The van der Waals surface area contributed by atoms with E-state index in [4.69, 9.17) is 0 Å². The first-order chi connectivity index (χ1) is 12.7. The molecule has 4 nitrogen and oxygen atoms in total. The van der Waals surface area contributed by atoms with Crippen LogP contribution in [-0.4, -0.2) is 17.4 Å². The van der Waals surface area contributed by atoms with E-state index in [1.54, 1.807) is 6.20 Å². The monoisotopic (exact) mass is 347 g/mol. The quantitative estimate of drug-likeness (QED) is 0.778. The molecule has 1 aliphatic rings. The third kappa shape index (κ3) is 3.42. The molecule has 0 atom stereocenters. The zero-order chi connectivity index (χ0) is 17.9. The molecule has 1 N–H and O–H groups in total. The lowest BCUT2D eigenvalue weighted by Crippen LogP contribution is -2.30. The maximum absolute atomic E-state index is 12.9. The van der Waals surface area contributed by atoms with E-state index in [9.17, 15) is 9.18 Å². The highest BCUT2D eigenvalue weighted by molar-refractivity contribution is 6.04. The number of carbonyl (C=O) groups excluding carboxylic acids is 1. The number of fused-ring (bicyclic) bond motifs is 1. The van der Waals surface area contributed by atoms with Gasteiger partial charge in [-0.15, -0.1) is 0 Å². The third-order valence-electron chi connectivity index (χ3n) is 4.57. The normalized spacial score (nSPS) is 13.2. The van der Waals surface area contributed by atoms with Crippen LogP contribution in [0.1, 0.15) is 21.5 Å². The largest absolute Gasteiger partial charge is 0.352 e. The van der Waals surface area contributed by atoms with Gasteiger partial charge < -0.3 is 10.2 Å². The van der Waals surface area contributed by atoms with Crippen LogP contribution in [-0.2, 0) is 13.0 Å². The van der Waals surface area contributed by atoms with Crippen LogP contribution in [0.2, 0.25) is 0 Å². The molecule has 0 aliphatic carbocycles. The molecule has 2 aromatic carbocycles. The van der Waals surface area contributed by atoms with Gasteiger partial charge in [0.15, 0.2) is 0 Å². The minimum atomic E-state index is -0.365. The smallest absolute Gasteiger partial charge is 0.255 e. The number of hydrogen-bond donors (Lipinski definition) is 1. The molecule has 0 radical (unpaired) electrons. The summed E-state index contributed by atoms with van der Waals surface area (Å²) in [5.41, 5.74) is 3.74. The first-order valence-electron chi connectivity index (χ1n) is 8.54. The van der Waals surface area contributed by atoms with Crippen LogP contribution in [0.5, 0.6) is 0 Å². The number of aromatic nitrogens is 1. The molecule has 0 bridgehead atoms. The molecule has 0 saturated carbocycles. The topological polar surface area (TPSA) is 45.2 Å². The molecule has 1 amide bonds. The fourth-order valence-corrected chi connectivity index (χ4v) is 3.14. The standard InChI is InChI=1S/C21H18FN3O/c22-18-7-5-16(6-8-18)21(26)24-19-9-10-20(23-13-19)25-12-11-15-3-1-2-4-17(15)14-25/h1-10,13H,11-12,14H2,(H,24,26). The lowest BCUT2D eigenvalue weighted by molar-refractivity contribution is 0.102. The molecule has 4 rings (SSSR count). The molecule has 0 saturated heterocycles. The SMILES string of the molecule is O=C(Nc1ccc(N2CCc3ccccc3C2)nc1)c1ccc(F)cc1. The van der Waals surface area contributed by atoms with E-state index in [0.29, 0.717) is 11.3 Å². The number of pyridine rings is 1. The summed E-state index contributed by atoms with van der Waals surface area (Å²) in [7, 11) is 0. The number of nitrogens with one attached hydrogen (secondary N) is 1. The summed E-state index contributed by atoms with van der Waals surface area (Å²) in [6.45, 7) is 1.76. The van der Waals surface area contributed by atoms with E-state index >= 15 is 0 Å². The van der Waals surface area contributed by atoms with Crippen molar-refractivity contribution in [2.75, 3.05) is 16.8 Å². The Labute approximate surface area is 151 Å². The highest BCUT2D eigenvalue weighted by Crippen LogP contribution is 2.23. The molecule has 1 aliphatic heterocycles. The number of carbonyl (C=O) groups is 1. The number of hydrogen-bond acceptors (Lipinski definition) is 3. The van der Waals surface area contributed by atoms with Crippen molar-refractivity contribution in [3.63, 3.8) is 0 Å². The Hall–Kier alpha value is -3.21. The van der Waals surface area contributed by atoms with Gasteiger partial charge >= 0.3 is 0 Å². The second-order valence-electron chi connectivity index (χ2n) is 6.31. The molecule has 2 heterocycles. The lowest BCUT2D eigenvalue weighted by atomic mass is 10.00. The number of anilines is 2. The summed E-state index contributed by atoms with van der Waals surface area (Å²) in [4.78, 5) is 18.9. The number of halogens is 1. The maximum Gasteiger partial charge on any atom is 0.255 e. The van der Waals surface area contributed by atoms with Gasteiger partial charge in [-0.2, -0.15) is 0 Å². The Morgan fingerprint density at radius 2 is 1.77 bits per heavy atom. The molecule has 26 heavy (non-hydrogen) atoms. The highest BCUT2D eigenvalue weighted by Gasteiger charge is 2.17. The van der Waals surface area contributed by atoms with Gasteiger partial charge in [0.25, 0.3) is 5.91 Å². The number of benzene rings is 2. The van der Waals surface area contributed by atoms with Crippen LogP contribution in [0.25, 0.3) is 0 Å². The Kier molecular flexibility index (Phi) is 4.35. The van der Waals surface area contributed by atoms with Crippen LogP contribution in [0.15, 0.2) is 66.9 Å². The summed E-state index contributed by atoms with van der Waals surface area (Å²) >= 11 is 0. The zero-order valence-electron chi connectivity index (χ0n) is 14.2. The third-order valence-corrected chi connectivity index (χ3v) is 4.57. The van der Waals surface area contributed by atoms with Crippen LogP contribution < -0.4 is 10.2 Å². The van der Waals surface area contributed by atoms with Gasteiger partial charge in [-0.25, -0.2) is 9.37 Å². The van der Waals surface area contributed by atoms with Crippen molar-refractivity contribution in [3.8, 4) is 0 Å². The molecular formula is C21H18FN3O. The predicted octanol–water partition coefficient (Wildman–Crippen LogP) is 4.04. The summed E-state index contributed by atoms with van der Waals surface area (Å²) in [5, 5.41) is 2.78. The first kappa shape index (κ1) is 16.3. The molecular weight excluding hydrogens is 329 g/mol. The van der Waals surface area contributed by atoms with Crippen molar-refractivity contribution in [3.05, 3.63) is 89.4 Å². The average molecular weight is 347 g/mol. The Morgan fingerprint density at radius 1 is 1.00 bits per heavy atom. The van der Waals surface area contributed by atoms with Gasteiger partial charge in [0.05, 0.1) is 11.9 Å². The van der Waals surface area contributed by atoms with Gasteiger partial charge in [0.2, 0.25) is 0 Å². The highest BCUT2D eigenvalue weighted by atomic mass is 19.1. The molecule has 3 aromatic rings. The fourth-order valence-electron chi connectivity index (χ4n) is 3.14. The summed E-state index contributed by atoms with van der Waals surface area (Å²) in [6, 6.07) is 17.7. The van der Waals surface area contributed by atoms with E-state index < -0.39 is 0 Å². The van der Waals surface area contributed by atoms with E-state index in [1.807, 2.05) is 12.1 Å². The maximum atomic E-state index is 12.9. The van der Waals surface area contributed by atoms with Crippen molar-refractivity contribution in [1.82, 2.24) is 4.98 Å². The first-order valence-corrected chi connectivity index (χ1v) is 8.54. The van der Waals surface area contributed by atoms with E-state index in [2.05, 4.69) is 39.5 Å². The van der Waals surface area contributed by atoms with Gasteiger partial charge in [0.1, 0.15) is 11.6 Å². The van der Waals surface area contributed by atoms with Crippen molar-refractivity contribution in [2.24, 2.45) is 0 Å². The minimum absolute atomic E-state index is 0.286. The molecule has 0 spiro atoms. The summed E-state index contributed by atoms with van der Waals surface area (Å²) in [6.07, 6.45) is 2.65. The zero-order valence-corrected chi connectivity index (χ0v) is 14.2. The second kappa shape index (κ2) is 6.96. The molecule has 5 heteroatoms. The van der Waals surface area contributed by atoms with E-state index in [1.165, 1.54) is 35.4 Å². The van der Waals surface area contributed by atoms with Crippen LogP contribution in [0.3, 0.4) is 0 Å². The Morgan fingerprint density at radius 3 is 2.50 bits per heavy atom. The van der Waals surface area contributed by atoms with Gasteiger partial charge in [0, 0.05) is 18.7 Å². The molecule has 130 valence electrons. The van der Waals surface area contributed by atoms with Crippen molar-refractivity contribution < 1.29 is 9.18 Å². The predicted molar refractivity (Wildman–Crippen MR) is 99.8 cm³/mol. The van der Waals surface area contributed by atoms with Gasteiger partial charge in [-0.3, -0.25) is 4.79 Å². The van der Waals surface area contributed by atoms with Crippen LogP contribution >= 0.6 is 0 Å². The fraction of sp³-hybridized carbons (Fsp3) is 0.143. The number of amides is 1. The molecule has 1 aromatic heterocycles. The number of rotatable bonds is 3. The van der Waals surface area contributed by atoms with E-state index in [0.717, 1.165) is 25.3 Å². The lowest BCUT2D eigenvalue weighted by Gasteiger charge is -2.29. The van der Waals surface area contributed by atoms with Gasteiger partial charge in [-0.05, 0) is 53.9 Å². The minimum Gasteiger partial charge on any atom is -0.352 e. The van der Waals surface area contributed by atoms with Crippen LogP contribution in [0.4, 0.5) is 15.9 Å². The Balaban J connectivity index is 1.44. The summed E-state index contributed by atoms with van der Waals surface area (Å²) in [5.74, 6) is 0.237. The molecule has 0 unspecified atom stereocenters. The van der Waals surface area contributed by atoms with Crippen molar-refractivity contribution >= 4 is 17.4 Å². The summed E-state index contributed by atoms with van der Waals surface area (Å²) < 4.78 is 12.9. The van der Waals surface area contributed by atoms with Crippen molar-refractivity contribution in [1.29, 1.82) is 0 Å².